The first-order valence-electron chi connectivity index (χ1n) is 8.17. The van der Waals surface area contributed by atoms with Crippen molar-refractivity contribution in [3.63, 3.8) is 0 Å². The van der Waals surface area contributed by atoms with Crippen LogP contribution in [0.5, 0.6) is 0 Å². The van der Waals surface area contributed by atoms with Gasteiger partial charge in [-0.3, -0.25) is 4.99 Å². The van der Waals surface area contributed by atoms with Crippen molar-refractivity contribution in [1.29, 1.82) is 0 Å². The molecule has 5 rings (SSSR count). The molecule has 106 valence electrons. The van der Waals surface area contributed by atoms with Gasteiger partial charge in [0.05, 0.1) is 0 Å². The Morgan fingerprint density at radius 1 is 1.16 bits per heavy atom. The molecule has 0 radical (unpaired) electrons. The molecule has 0 amide bonds. The summed E-state index contributed by atoms with van der Waals surface area (Å²) >= 11 is 1.93. The first-order valence-corrected chi connectivity index (χ1v) is 9.16. The molecule has 0 aromatic rings. The van der Waals surface area contributed by atoms with Crippen molar-refractivity contribution in [2.45, 2.75) is 57.9 Å². The zero-order chi connectivity index (χ0) is 12.9. The van der Waals surface area contributed by atoms with Gasteiger partial charge in [0.1, 0.15) is 0 Å². The fraction of sp³-hybridized carbons (Fsp3) is 0.938. The van der Waals surface area contributed by atoms with Crippen LogP contribution in [0.1, 0.15) is 51.9 Å². The standard InChI is InChI=1S/C16H26N2S/c1-11(18-15-17-3-2-4-19-15)16-8-12-5-13(9-16)7-14(6-12)10-16/h11-14H,2-10H2,1H3,(H,17,18). The van der Waals surface area contributed by atoms with E-state index >= 15 is 0 Å². The van der Waals surface area contributed by atoms with E-state index in [0.717, 1.165) is 24.3 Å². The van der Waals surface area contributed by atoms with Gasteiger partial charge < -0.3 is 5.32 Å². The minimum absolute atomic E-state index is 0.606. The first-order chi connectivity index (χ1) is 9.23. The molecule has 0 saturated heterocycles. The topological polar surface area (TPSA) is 24.4 Å². The second-order valence-electron chi connectivity index (χ2n) is 7.53. The van der Waals surface area contributed by atoms with Crippen LogP contribution < -0.4 is 5.32 Å². The van der Waals surface area contributed by atoms with Crippen molar-refractivity contribution >= 4 is 16.9 Å². The normalized spacial score (nSPS) is 45.9. The first kappa shape index (κ1) is 12.6. The summed E-state index contributed by atoms with van der Waals surface area (Å²) in [4.78, 5) is 4.67. The van der Waals surface area contributed by atoms with Gasteiger partial charge in [0, 0.05) is 18.3 Å². The van der Waals surface area contributed by atoms with E-state index in [4.69, 9.17) is 0 Å². The van der Waals surface area contributed by atoms with Crippen LogP contribution in [0, 0.1) is 23.2 Å². The Bertz CT molecular complexity index is 355. The number of hydrogen-bond acceptors (Lipinski definition) is 3. The van der Waals surface area contributed by atoms with Crippen molar-refractivity contribution in [2.24, 2.45) is 28.2 Å². The van der Waals surface area contributed by atoms with Crippen LogP contribution in [-0.4, -0.2) is 23.5 Å². The highest BCUT2D eigenvalue weighted by molar-refractivity contribution is 8.13. The second kappa shape index (κ2) is 4.68. The molecule has 1 atom stereocenters. The summed E-state index contributed by atoms with van der Waals surface area (Å²) in [7, 11) is 0. The van der Waals surface area contributed by atoms with Crippen molar-refractivity contribution in [1.82, 2.24) is 5.32 Å². The van der Waals surface area contributed by atoms with Gasteiger partial charge in [0.15, 0.2) is 5.17 Å². The molecule has 19 heavy (non-hydrogen) atoms. The Morgan fingerprint density at radius 2 is 1.79 bits per heavy atom. The van der Waals surface area contributed by atoms with Gasteiger partial charge in [-0.1, -0.05) is 11.8 Å². The van der Waals surface area contributed by atoms with E-state index < -0.39 is 0 Å². The highest BCUT2D eigenvalue weighted by Crippen LogP contribution is 2.61. The highest BCUT2D eigenvalue weighted by Gasteiger charge is 2.53. The molecule has 5 aliphatic rings. The summed E-state index contributed by atoms with van der Waals surface area (Å²) in [6.07, 6.45) is 10.4. The molecule has 3 heteroatoms. The molecule has 4 bridgehead atoms. The van der Waals surface area contributed by atoms with Crippen molar-refractivity contribution in [2.75, 3.05) is 12.3 Å². The Balaban J connectivity index is 1.49. The number of rotatable bonds is 2. The Kier molecular flexibility index (Phi) is 3.09. The quantitative estimate of drug-likeness (QED) is 0.833. The summed E-state index contributed by atoms with van der Waals surface area (Å²) in [6, 6.07) is 0.630. The van der Waals surface area contributed by atoms with Crippen molar-refractivity contribution < 1.29 is 0 Å². The van der Waals surface area contributed by atoms with Gasteiger partial charge in [-0.05, 0) is 75.0 Å². The summed E-state index contributed by atoms with van der Waals surface area (Å²) in [5.41, 5.74) is 0.606. The average molecular weight is 278 g/mol. The highest BCUT2D eigenvalue weighted by atomic mass is 32.2. The third-order valence-corrected chi connectivity index (χ3v) is 7.15. The zero-order valence-electron chi connectivity index (χ0n) is 12.0. The van der Waals surface area contributed by atoms with Crippen molar-refractivity contribution in [3.05, 3.63) is 0 Å². The van der Waals surface area contributed by atoms with Gasteiger partial charge in [-0.15, -0.1) is 0 Å². The van der Waals surface area contributed by atoms with E-state index in [2.05, 4.69) is 17.2 Å². The Morgan fingerprint density at radius 3 is 2.32 bits per heavy atom. The third-order valence-electron chi connectivity index (χ3n) is 6.14. The monoisotopic (exact) mass is 278 g/mol. The molecule has 2 nitrogen and oxygen atoms in total. The average Bonchev–Trinajstić information content (AvgIpc) is 2.38. The van der Waals surface area contributed by atoms with Crippen LogP contribution in [0.4, 0.5) is 0 Å². The molecule has 4 fully saturated rings. The molecule has 0 aromatic heterocycles. The van der Waals surface area contributed by atoms with Gasteiger partial charge in [0.2, 0.25) is 0 Å². The lowest BCUT2D eigenvalue weighted by Gasteiger charge is -2.59. The fourth-order valence-corrected chi connectivity index (χ4v) is 6.50. The smallest absolute Gasteiger partial charge is 0.156 e. The molecule has 1 heterocycles. The van der Waals surface area contributed by atoms with Crippen molar-refractivity contribution in [3.8, 4) is 0 Å². The van der Waals surface area contributed by atoms with Crippen LogP contribution in [0.2, 0.25) is 0 Å². The second-order valence-corrected chi connectivity index (χ2v) is 8.62. The van der Waals surface area contributed by atoms with Crippen LogP contribution in [0.25, 0.3) is 0 Å². The lowest BCUT2D eigenvalue weighted by atomic mass is 9.48. The molecule has 0 aromatic carbocycles. The summed E-state index contributed by atoms with van der Waals surface area (Å²) in [5.74, 6) is 4.41. The lowest BCUT2D eigenvalue weighted by molar-refractivity contribution is -0.0671. The predicted octanol–water partition coefficient (Wildman–Crippen LogP) is 3.67. The van der Waals surface area contributed by atoms with Gasteiger partial charge in [-0.2, -0.15) is 0 Å². The van der Waals surface area contributed by atoms with Crippen LogP contribution in [0.15, 0.2) is 4.99 Å². The maximum Gasteiger partial charge on any atom is 0.156 e. The van der Waals surface area contributed by atoms with Gasteiger partial charge in [0.25, 0.3) is 0 Å². The van der Waals surface area contributed by atoms with Crippen LogP contribution >= 0.6 is 11.8 Å². The maximum absolute atomic E-state index is 4.67. The number of hydrogen-bond donors (Lipinski definition) is 1. The fourth-order valence-electron chi connectivity index (χ4n) is 5.59. The number of aliphatic imine (C=N–C) groups is 1. The third kappa shape index (κ3) is 2.22. The maximum atomic E-state index is 4.67. The van der Waals surface area contributed by atoms with E-state index in [1.165, 1.54) is 36.6 Å². The van der Waals surface area contributed by atoms with Crippen LogP contribution in [0.3, 0.4) is 0 Å². The van der Waals surface area contributed by atoms with Gasteiger partial charge in [-0.25, -0.2) is 0 Å². The lowest BCUT2D eigenvalue weighted by Crippen LogP contribution is -2.55. The van der Waals surface area contributed by atoms with Crippen LogP contribution in [-0.2, 0) is 0 Å². The minimum atomic E-state index is 0.606. The van der Waals surface area contributed by atoms with Gasteiger partial charge >= 0.3 is 0 Å². The SMILES string of the molecule is CC(NC1=NCCCS1)C12CC3CC(CC(C3)C1)C2. The van der Waals surface area contributed by atoms with E-state index in [1.807, 2.05) is 11.8 Å². The Hall–Kier alpha value is -0.180. The molecular weight excluding hydrogens is 252 g/mol. The molecule has 4 aliphatic carbocycles. The zero-order valence-corrected chi connectivity index (χ0v) is 12.8. The summed E-state index contributed by atoms with van der Waals surface area (Å²) < 4.78 is 0. The molecule has 1 aliphatic heterocycles. The molecule has 0 spiro atoms. The van der Waals surface area contributed by atoms with E-state index in [-0.39, 0.29) is 0 Å². The number of nitrogens with zero attached hydrogens (tertiary/aromatic N) is 1. The molecule has 4 saturated carbocycles. The minimum Gasteiger partial charge on any atom is -0.362 e. The predicted molar refractivity (Wildman–Crippen MR) is 82.6 cm³/mol. The molecular formula is C16H26N2S. The van der Waals surface area contributed by atoms with E-state index in [1.54, 1.807) is 19.3 Å². The number of amidine groups is 1. The Labute approximate surface area is 121 Å². The number of nitrogens with one attached hydrogen (secondary N) is 1. The summed E-state index contributed by atoms with van der Waals surface area (Å²) in [6.45, 7) is 3.47. The molecule has 1 N–H and O–H groups in total. The van der Waals surface area contributed by atoms with E-state index in [0.29, 0.717) is 11.5 Å². The summed E-state index contributed by atoms with van der Waals surface area (Å²) in [5, 5.41) is 5.02. The van der Waals surface area contributed by atoms with E-state index in [9.17, 15) is 0 Å². The number of thioether (sulfide) groups is 1. The largest absolute Gasteiger partial charge is 0.362 e. The molecule has 1 unspecified atom stereocenters.